The summed E-state index contributed by atoms with van der Waals surface area (Å²) in [5.41, 5.74) is 7.78. The maximum Gasteiger partial charge on any atom is 0.338 e. The van der Waals surface area contributed by atoms with E-state index >= 15 is 0 Å². The molecule has 1 unspecified atom stereocenters. The summed E-state index contributed by atoms with van der Waals surface area (Å²) < 4.78 is 23.4. The van der Waals surface area contributed by atoms with Crippen molar-refractivity contribution in [2.24, 2.45) is 5.73 Å². The van der Waals surface area contributed by atoms with Gasteiger partial charge in [0.2, 0.25) is 5.88 Å². The third-order valence-electron chi connectivity index (χ3n) is 4.91. The van der Waals surface area contributed by atoms with Crippen LogP contribution in [-0.4, -0.2) is 19.7 Å². The molecule has 2 aromatic carbocycles. The maximum absolute atomic E-state index is 12.8. The van der Waals surface area contributed by atoms with Crippen molar-refractivity contribution in [2.75, 3.05) is 13.7 Å². The van der Waals surface area contributed by atoms with E-state index in [4.69, 9.17) is 24.7 Å². The molecule has 1 atom stereocenters. The van der Waals surface area contributed by atoms with Crippen LogP contribution in [0.5, 0.6) is 11.5 Å². The highest BCUT2D eigenvalue weighted by atomic mass is 79.9. The van der Waals surface area contributed by atoms with Gasteiger partial charge in [0.1, 0.15) is 24.0 Å². The number of benzene rings is 2. The zero-order valence-electron chi connectivity index (χ0n) is 18.0. The zero-order valence-corrected chi connectivity index (χ0v) is 19.6. The van der Waals surface area contributed by atoms with Crippen molar-refractivity contribution in [3.63, 3.8) is 0 Å². The first-order chi connectivity index (χ1) is 15.4. The highest BCUT2D eigenvalue weighted by Gasteiger charge is 2.38. The Morgan fingerprint density at radius 3 is 2.69 bits per heavy atom. The average Bonchev–Trinajstić information content (AvgIpc) is 2.77. The lowest BCUT2D eigenvalue weighted by Gasteiger charge is -2.28. The number of para-hydroxylation sites is 1. The third-order valence-corrected chi connectivity index (χ3v) is 5.41. The van der Waals surface area contributed by atoms with Gasteiger partial charge in [-0.05, 0) is 37.6 Å². The molecule has 8 heteroatoms. The van der Waals surface area contributed by atoms with Gasteiger partial charge < -0.3 is 24.7 Å². The van der Waals surface area contributed by atoms with Gasteiger partial charge in [-0.3, -0.25) is 0 Å². The highest BCUT2D eigenvalue weighted by Crippen LogP contribution is 2.46. The molecule has 2 aromatic rings. The van der Waals surface area contributed by atoms with Gasteiger partial charge in [-0.1, -0.05) is 40.2 Å². The minimum atomic E-state index is -0.833. The van der Waals surface area contributed by atoms with Gasteiger partial charge >= 0.3 is 5.97 Å². The van der Waals surface area contributed by atoms with E-state index in [1.165, 1.54) is 7.11 Å². The molecule has 3 rings (SSSR count). The largest absolute Gasteiger partial charge is 0.493 e. The van der Waals surface area contributed by atoms with Gasteiger partial charge in [0.25, 0.3) is 0 Å². The molecule has 0 fully saturated rings. The molecule has 1 aliphatic rings. The van der Waals surface area contributed by atoms with E-state index in [1.807, 2.05) is 24.3 Å². The number of hydrogen-bond donors (Lipinski definition) is 1. The number of hydrogen-bond acceptors (Lipinski definition) is 7. The Morgan fingerprint density at radius 2 is 2.03 bits per heavy atom. The number of allylic oxidation sites excluding steroid dienone is 2. The maximum atomic E-state index is 12.8. The van der Waals surface area contributed by atoms with E-state index in [0.29, 0.717) is 17.1 Å². The van der Waals surface area contributed by atoms with E-state index in [-0.39, 0.29) is 36.0 Å². The molecule has 0 radical (unpaired) electrons. The first kappa shape index (κ1) is 23.2. The van der Waals surface area contributed by atoms with Crippen molar-refractivity contribution in [2.45, 2.75) is 26.4 Å². The Hall–Kier alpha value is -3.44. The summed E-state index contributed by atoms with van der Waals surface area (Å²) in [6, 6.07) is 15.1. The van der Waals surface area contributed by atoms with Crippen LogP contribution in [0.15, 0.2) is 69.7 Å². The number of methoxy groups -OCH3 is 1. The van der Waals surface area contributed by atoms with Crippen molar-refractivity contribution in [3.8, 4) is 17.6 Å². The second-order valence-corrected chi connectivity index (χ2v) is 7.83. The highest BCUT2D eigenvalue weighted by molar-refractivity contribution is 9.10. The van der Waals surface area contributed by atoms with Gasteiger partial charge in [-0.15, -0.1) is 0 Å². The molecule has 7 nitrogen and oxygen atoms in total. The van der Waals surface area contributed by atoms with Crippen LogP contribution in [0.4, 0.5) is 0 Å². The standard InChI is InChI=1S/C24H23BrN2O5/c1-4-30-24(28)20-14(2)32-23(27)18(12-26)21(20)17-9-6-10-19(29-3)22(17)31-13-15-7-5-8-16(25)11-15/h5-11,21H,4,13,27H2,1-3H3. The molecular weight excluding hydrogens is 476 g/mol. The number of carbonyl (C=O) groups excluding carboxylic acids is 1. The van der Waals surface area contributed by atoms with Crippen molar-refractivity contribution in [3.05, 3.63) is 80.9 Å². The smallest absolute Gasteiger partial charge is 0.338 e. The minimum Gasteiger partial charge on any atom is -0.493 e. The summed E-state index contributed by atoms with van der Waals surface area (Å²) in [4.78, 5) is 12.8. The van der Waals surface area contributed by atoms with Crippen LogP contribution in [0.2, 0.25) is 0 Å². The summed E-state index contributed by atoms with van der Waals surface area (Å²) in [6.45, 7) is 3.74. The number of nitrogens with two attached hydrogens (primary N) is 1. The molecule has 0 saturated heterocycles. The van der Waals surface area contributed by atoms with E-state index in [2.05, 4.69) is 22.0 Å². The topological polar surface area (TPSA) is 104 Å². The van der Waals surface area contributed by atoms with E-state index < -0.39 is 11.9 Å². The lowest BCUT2D eigenvalue weighted by Crippen LogP contribution is -2.26. The Labute approximate surface area is 195 Å². The molecule has 0 aliphatic carbocycles. The summed E-state index contributed by atoms with van der Waals surface area (Å²) >= 11 is 3.45. The van der Waals surface area contributed by atoms with E-state index in [9.17, 15) is 10.1 Å². The summed E-state index contributed by atoms with van der Waals surface area (Å²) in [6.07, 6.45) is 0. The van der Waals surface area contributed by atoms with Crippen LogP contribution < -0.4 is 15.2 Å². The third kappa shape index (κ3) is 4.73. The van der Waals surface area contributed by atoms with Crippen LogP contribution >= 0.6 is 15.9 Å². The summed E-state index contributed by atoms with van der Waals surface area (Å²) in [7, 11) is 1.53. The van der Waals surface area contributed by atoms with Crippen LogP contribution in [-0.2, 0) is 20.9 Å². The molecular formula is C24H23BrN2O5. The lowest BCUT2D eigenvalue weighted by molar-refractivity contribution is -0.139. The Balaban J connectivity index is 2.13. The molecule has 0 amide bonds. The number of halogens is 1. The predicted molar refractivity (Wildman–Crippen MR) is 121 cm³/mol. The van der Waals surface area contributed by atoms with Crippen molar-refractivity contribution >= 4 is 21.9 Å². The molecule has 2 N–H and O–H groups in total. The normalized spacial score (nSPS) is 15.7. The predicted octanol–water partition coefficient (Wildman–Crippen LogP) is 4.68. The van der Waals surface area contributed by atoms with E-state index in [1.54, 1.807) is 32.0 Å². The Kier molecular flexibility index (Phi) is 7.44. The van der Waals surface area contributed by atoms with Gasteiger partial charge in [0.15, 0.2) is 11.5 Å². The van der Waals surface area contributed by atoms with Crippen LogP contribution in [0.1, 0.15) is 30.9 Å². The van der Waals surface area contributed by atoms with Gasteiger partial charge in [-0.25, -0.2) is 4.79 Å². The van der Waals surface area contributed by atoms with Gasteiger partial charge in [0, 0.05) is 10.0 Å². The van der Waals surface area contributed by atoms with Crippen LogP contribution in [0.25, 0.3) is 0 Å². The van der Waals surface area contributed by atoms with Crippen molar-refractivity contribution < 1.29 is 23.7 Å². The van der Waals surface area contributed by atoms with Crippen LogP contribution in [0, 0.1) is 11.3 Å². The first-order valence-corrected chi connectivity index (χ1v) is 10.7. The number of nitriles is 1. The van der Waals surface area contributed by atoms with Crippen molar-refractivity contribution in [1.29, 1.82) is 5.26 Å². The quantitative estimate of drug-likeness (QED) is 0.552. The fraction of sp³-hybridized carbons (Fsp3) is 0.250. The summed E-state index contributed by atoms with van der Waals surface area (Å²) in [5, 5.41) is 9.84. The SMILES string of the molecule is CCOC(=O)C1=C(C)OC(N)=C(C#N)C1c1cccc(OC)c1OCc1cccc(Br)c1. The second kappa shape index (κ2) is 10.2. The van der Waals surface area contributed by atoms with Gasteiger partial charge in [0.05, 0.1) is 25.2 Å². The number of ether oxygens (including phenoxy) is 4. The lowest BCUT2D eigenvalue weighted by atomic mass is 9.82. The molecule has 0 spiro atoms. The van der Waals surface area contributed by atoms with Crippen LogP contribution in [0.3, 0.4) is 0 Å². The minimum absolute atomic E-state index is 0.0659. The second-order valence-electron chi connectivity index (χ2n) is 6.91. The molecule has 166 valence electrons. The molecule has 0 aromatic heterocycles. The number of nitrogens with zero attached hydrogens (tertiary/aromatic N) is 1. The van der Waals surface area contributed by atoms with E-state index in [0.717, 1.165) is 10.0 Å². The van der Waals surface area contributed by atoms with Gasteiger partial charge in [-0.2, -0.15) is 5.26 Å². The zero-order chi connectivity index (χ0) is 23.3. The molecule has 1 aliphatic heterocycles. The first-order valence-electron chi connectivity index (χ1n) is 9.90. The number of esters is 1. The molecule has 1 heterocycles. The summed E-state index contributed by atoms with van der Waals surface area (Å²) in [5.74, 6) is -0.358. The molecule has 32 heavy (non-hydrogen) atoms. The fourth-order valence-corrected chi connectivity index (χ4v) is 3.97. The molecule has 0 bridgehead atoms. The average molecular weight is 499 g/mol. The monoisotopic (exact) mass is 498 g/mol. The van der Waals surface area contributed by atoms with Crippen molar-refractivity contribution in [1.82, 2.24) is 0 Å². The Morgan fingerprint density at radius 1 is 1.28 bits per heavy atom. The Bertz CT molecular complexity index is 1130. The number of rotatable bonds is 7. The molecule has 0 saturated carbocycles. The number of carbonyl (C=O) groups is 1. The fourth-order valence-electron chi connectivity index (χ4n) is 3.52.